The van der Waals surface area contributed by atoms with Crippen LogP contribution in [0.1, 0.15) is 12.0 Å². The van der Waals surface area contributed by atoms with E-state index in [0.717, 1.165) is 36.2 Å². The molecule has 4 heteroatoms. The van der Waals surface area contributed by atoms with Crippen molar-refractivity contribution in [2.75, 3.05) is 33.2 Å². The summed E-state index contributed by atoms with van der Waals surface area (Å²) in [6.45, 7) is 4.47. The summed E-state index contributed by atoms with van der Waals surface area (Å²) in [7, 11) is 2.19. The number of likely N-dealkylation sites (tertiary alicyclic amines) is 1. The van der Waals surface area contributed by atoms with Crippen molar-refractivity contribution in [2.45, 2.75) is 18.9 Å². The quantitative estimate of drug-likeness (QED) is 0.915. The molecule has 1 fully saturated rings. The van der Waals surface area contributed by atoms with Crippen molar-refractivity contribution in [1.82, 2.24) is 10.2 Å². The highest BCUT2D eigenvalue weighted by Gasteiger charge is 2.24. The Morgan fingerprint density at radius 2 is 2.32 bits per heavy atom. The molecule has 0 radical (unpaired) electrons. The van der Waals surface area contributed by atoms with Gasteiger partial charge >= 0.3 is 0 Å². The standard InChI is InChI=1S/C15H21ClN2O/c1-18-5-4-11(10-18)8-17-9-14-7-12-6-13(16)2-3-15(12)19-14/h2-3,6,11,14,17H,4-5,7-10H2,1H3. The average Bonchev–Trinajstić information content (AvgIpc) is 2.95. The number of ether oxygens (including phenoxy) is 1. The van der Waals surface area contributed by atoms with E-state index in [4.69, 9.17) is 16.3 Å². The van der Waals surface area contributed by atoms with Crippen molar-refractivity contribution in [3.05, 3.63) is 28.8 Å². The van der Waals surface area contributed by atoms with E-state index in [1.165, 1.54) is 25.1 Å². The van der Waals surface area contributed by atoms with Crippen LogP contribution in [0.3, 0.4) is 0 Å². The molecule has 1 N–H and O–H groups in total. The zero-order chi connectivity index (χ0) is 13.2. The molecule has 0 bridgehead atoms. The van der Waals surface area contributed by atoms with Crippen LogP contribution in [-0.4, -0.2) is 44.2 Å². The normalized spacial score (nSPS) is 26.4. The van der Waals surface area contributed by atoms with Gasteiger partial charge in [-0.2, -0.15) is 0 Å². The van der Waals surface area contributed by atoms with Crippen molar-refractivity contribution < 1.29 is 4.74 Å². The Bertz CT molecular complexity index is 452. The van der Waals surface area contributed by atoms with Crippen LogP contribution in [0, 0.1) is 5.92 Å². The number of fused-ring (bicyclic) bond motifs is 1. The number of nitrogens with one attached hydrogen (secondary N) is 1. The maximum Gasteiger partial charge on any atom is 0.123 e. The molecule has 0 aromatic heterocycles. The second kappa shape index (κ2) is 5.70. The topological polar surface area (TPSA) is 24.5 Å². The molecule has 0 amide bonds. The predicted molar refractivity (Wildman–Crippen MR) is 78.0 cm³/mol. The molecule has 0 aliphatic carbocycles. The van der Waals surface area contributed by atoms with Gasteiger partial charge in [0, 0.05) is 24.5 Å². The van der Waals surface area contributed by atoms with Crippen LogP contribution in [0.15, 0.2) is 18.2 Å². The number of benzene rings is 1. The van der Waals surface area contributed by atoms with E-state index < -0.39 is 0 Å². The Morgan fingerprint density at radius 3 is 3.11 bits per heavy atom. The van der Waals surface area contributed by atoms with E-state index in [9.17, 15) is 0 Å². The first kappa shape index (κ1) is 13.2. The number of rotatable bonds is 4. The van der Waals surface area contributed by atoms with Crippen molar-refractivity contribution >= 4 is 11.6 Å². The van der Waals surface area contributed by atoms with Crippen molar-refractivity contribution in [3.63, 3.8) is 0 Å². The summed E-state index contributed by atoms with van der Waals surface area (Å²) in [5.74, 6) is 1.79. The third-order valence-electron chi connectivity index (χ3n) is 4.06. The first-order valence-electron chi connectivity index (χ1n) is 7.05. The second-order valence-electron chi connectivity index (χ2n) is 5.77. The van der Waals surface area contributed by atoms with Gasteiger partial charge in [0.1, 0.15) is 11.9 Å². The maximum atomic E-state index is 6.00. The van der Waals surface area contributed by atoms with Crippen molar-refractivity contribution in [3.8, 4) is 5.75 Å². The van der Waals surface area contributed by atoms with Gasteiger partial charge in [0.15, 0.2) is 0 Å². The zero-order valence-corrected chi connectivity index (χ0v) is 12.1. The molecule has 1 saturated heterocycles. The summed E-state index contributed by atoms with van der Waals surface area (Å²) in [6.07, 6.45) is 2.53. The van der Waals surface area contributed by atoms with E-state index in [0.29, 0.717) is 0 Å². The third-order valence-corrected chi connectivity index (χ3v) is 4.29. The van der Waals surface area contributed by atoms with Gasteiger partial charge < -0.3 is 15.0 Å². The van der Waals surface area contributed by atoms with Gasteiger partial charge in [0.2, 0.25) is 0 Å². The van der Waals surface area contributed by atoms with Crippen LogP contribution in [0.5, 0.6) is 5.75 Å². The first-order valence-corrected chi connectivity index (χ1v) is 7.43. The van der Waals surface area contributed by atoms with Gasteiger partial charge in [-0.1, -0.05) is 11.6 Å². The highest BCUT2D eigenvalue weighted by molar-refractivity contribution is 6.30. The Kier molecular flexibility index (Phi) is 3.96. The van der Waals surface area contributed by atoms with Crippen LogP contribution in [0.25, 0.3) is 0 Å². The lowest BCUT2D eigenvalue weighted by molar-refractivity contribution is 0.224. The molecule has 3 rings (SSSR count). The largest absolute Gasteiger partial charge is 0.488 e. The summed E-state index contributed by atoms with van der Waals surface area (Å²) in [5, 5.41) is 4.35. The van der Waals surface area contributed by atoms with E-state index >= 15 is 0 Å². The third kappa shape index (κ3) is 3.22. The van der Waals surface area contributed by atoms with E-state index in [-0.39, 0.29) is 6.10 Å². The fourth-order valence-corrected chi connectivity index (χ4v) is 3.24. The molecule has 19 heavy (non-hydrogen) atoms. The van der Waals surface area contributed by atoms with Crippen LogP contribution in [0.2, 0.25) is 5.02 Å². The SMILES string of the molecule is CN1CCC(CNCC2Cc3cc(Cl)ccc3O2)C1. The first-order chi connectivity index (χ1) is 9.20. The molecule has 3 nitrogen and oxygen atoms in total. The van der Waals surface area contributed by atoms with E-state index in [2.05, 4.69) is 17.3 Å². The van der Waals surface area contributed by atoms with Crippen molar-refractivity contribution in [2.24, 2.45) is 5.92 Å². The number of hydrogen-bond acceptors (Lipinski definition) is 3. The summed E-state index contributed by atoms with van der Waals surface area (Å²) in [5.41, 5.74) is 1.24. The maximum absolute atomic E-state index is 6.00. The summed E-state index contributed by atoms with van der Waals surface area (Å²) < 4.78 is 5.92. The number of halogens is 1. The van der Waals surface area contributed by atoms with Gasteiger partial charge in [0.05, 0.1) is 0 Å². The van der Waals surface area contributed by atoms with Gasteiger partial charge in [-0.25, -0.2) is 0 Å². The van der Waals surface area contributed by atoms with Crippen LogP contribution in [-0.2, 0) is 6.42 Å². The molecule has 0 spiro atoms. The fraction of sp³-hybridized carbons (Fsp3) is 0.600. The number of nitrogens with zero attached hydrogens (tertiary/aromatic N) is 1. The molecule has 2 unspecified atom stereocenters. The Labute approximate surface area is 119 Å². The Morgan fingerprint density at radius 1 is 1.42 bits per heavy atom. The van der Waals surface area contributed by atoms with Crippen LogP contribution >= 0.6 is 11.6 Å². The van der Waals surface area contributed by atoms with Crippen molar-refractivity contribution in [1.29, 1.82) is 0 Å². The highest BCUT2D eigenvalue weighted by Crippen LogP contribution is 2.30. The lowest BCUT2D eigenvalue weighted by Gasteiger charge is -2.15. The molecule has 2 aliphatic rings. The average molecular weight is 281 g/mol. The van der Waals surface area contributed by atoms with E-state index in [1.54, 1.807) is 0 Å². The van der Waals surface area contributed by atoms with Gasteiger partial charge in [-0.05, 0) is 56.2 Å². The minimum absolute atomic E-state index is 0.257. The van der Waals surface area contributed by atoms with Gasteiger partial charge in [0.25, 0.3) is 0 Å². The molecule has 0 saturated carbocycles. The minimum atomic E-state index is 0.257. The van der Waals surface area contributed by atoms with E-state index in [1.807, 2.05) is 18.2 Å². The van der Waals surface area contributed by atoms with Crippen LogP contribution < -0.4 is 10.1 Å². The molecule has 2 atom stereocenters. The summed E-state index contributed by atoms with van der Waals surface area (Å²) in [4.78, 5) is 2.40. The molecular weight excluding hydrogens is 260 g/mol. The molecule has 2 heterocycles. The smallest absolute Gasteiger partial charge is 0.123 e. The second-order valence-corrected chi connectivity index (χ2v) is 6.21. The monoisotopic (exact) mass is 280 g/mol. The molecule has 104 valence electrons. The zero-order valence-electron chi connectivity index (χ0n) is 11.4. The lowest BCUT2D eigenvalue weighted by atomic mass is 10.1. The summed E-state index contributed by atoms with van der Waals surface area (Å²) >= 11 is 6.00. The Hall–Kier alpha value is -0.770. The summed E-state index contributed by atoms with van der Waals surface area (Å²) in [6, 6.07) is 5.89. The molecule has 1 aromatic carbocycles. The number of hydrogen-bond donors (Lipinski definition) is 1. The Balaban J connectivity index is 1.43. The molecular formula is C15H21ClN2O. The molecule has 2 aliphatic heterocycles. The van der Waals surface area contributed by atoms with Gasteiger partial charge in [-0.3, -0.25) is 0 Å². The van der Waals surface area contributed by atoms with Gasteiger partial charge in [-0.15, -0.1) is 0 Å². The predicted octanol–water partition coefficient (Wildman–Crippen LogP) is 2.18. The fourth-order valence-electron chi connectivity index (χ4n) is 3.04. The molecule has 1 aromatic rings. The van der Waals surface area contributed by atoms with Crippen LogP contribution in [0.4, 0.5) is 0 Å². The minimum Gasteiger partial charge on any atom is -0.488 e. The highest BCUT2D eigenvalue weighted by atomic mass is 35.5. The lowest BCUT2D eigenvalue weighted by Crippen LogP contribution is -2.34.